The molecule has 0 saturated heterocycles. The van der Waals surface area contributed by atoms with Gasteiger partial charge >= 0.3 is 0 Å². The molecule has 0 bridgehead atoms. The van der Waals surface area contributed by atoms with E-state index in [9.17, 15) is 19.7 Å². The minimum Gasteiger partial charge on any atom is -0.495 e. The number of nitrogens with one attached hydrogen (secondary N) is 2. The van der Waals surface area contributed by atoms with Gasteiger partial charge in [0.2, 0.25) is 5.91 Å². The predicted molar refractivity (Wildman–Crippen MR) is 156 cm³/mol. The number of ether oxygens (including phenoxy) is 2. The maximum absolute atomic E-state index is 13.5. The minimum atomic E-state index is -0.628. The van der Waals surface area contributed by atoms with Gasteiger partial charge in [-0.05, 0) is 42.0 Å². The fourth-order valence-electron chi connectivity index (χ4n) is 3.77. The molecule has 4 aromatic carbocycles. The topological polar surface area (TPSA) is 120 Å². The van der Waals surface area contributed by atoms with Gasteiger partial charge in [0.25, 0.3) is 11.6 Å². The quantitative estimate of drug-likeness (QED) is 0.118. The summed E-state index contributed by atoms with van der Waals surface area (Å²) in [5.41, 5.74) is 1.69. The molecule has 204 valence electrons. The number of nitrogens with zero attached hydrogens (tertiary/aromatic N) is 1. The van der Waals surface area contributed by atoms with Crippen molar-refractivity contribution in [3.05, 3.63) is 117 Å². The molecule has 0 aliphatic rings. The highest BCUT2D eigenvalue weighted by Gasteiger charge is 2.24. The third-order valence-electron chi connectivity index (χ3n) is 5.76. The summed E-state index contributed by atoms with van der Waals surface area (Å²) in [6.45, 7) is 0. The Morgan fingerprint density at radius 2 is 1.57 bits per heavy atom. The molecular formula is C29H24ClN3O6S. The Balaban J connectivity index is 1.52. The number of non-ortho nitro benzene ring substituents is 1. The molecule has 0 aliphatic carbocycles. The van der Waals surface area contributed by atoms with E-state index in [4.69, 9.17) is 21.1 Å². The number of hydrogen-bond acceptors (Lipinski definition) is 7. The zero-order valence-electron chi connectivity index (χ0n) is 21.4. The van der Waals surface area contributed by atoms with Gasteiger partial charge in [0, 0.05) is 34.3 Å². The fourth-order valence-corrected chi connectivity index (χ4v) is 5.04. The summed E-state index contributed by atoms with van der Waals surface area (Å²) in [6, 6.07) is 24.9. The second-order valence-electron chi connectivity index (χ2n) is 8.37. The highest BCUT2D eigenvalue weighted by molar-refractivity contribution is 8.00. The molecule has 4 rings (SSSR count). The smallest absolute Gasteiger partial charge is 0.270 e. The van der Waals surface area contributed by atoms with Crippen LogP contribution in [0.2, 0.25) is 5.02 Å². The highest BCUT2D eigenvalue weighted by Crippen LogP contribution is 2.40. The molecule has 11 heteroatoms. The molecule has 0 radical (unpaired) electrons. The standard InChI is InChI=1S/C29H24ClN3O6S/c1-38-25-17-26(39-2)24(16-23(25)30)32-29(35)27(18-7-4-3-5-8-18)40-22-13-11-20(12-14-22)31-28(34)19-9-6-10-21(15-19)33(36)37/h3-17,27H,1-2H3,(H,31,34)(H,32,35). The van der Waals surface area contributed by atoms with Gasteiger partial charge in [0.15, 0.2) is 0 Å². The van der Waals surface area contributed by atoms with Crippen molar-refractivity contribution in [3.8, 4) is 11.5 Å². The summed E-state index contributed by atoms with van der Waals surface area (Å²) in [6.07, 6.45) is 0. The lowest BCUT2D eigenvalue weighted by atomic mass is 10.1. The van der Waals surface area contributed by atoms with E-state index in [2.05, 4.69) is 10.6 Å². The molecule has 9 nitrogen and oxygen atoms in total. The molecule has 40 heavy (non-hydrogen) atoms. The van der Waals surface area contributed by atoms with Crippen molar-refractivity contribution in [2.24, 2.45) is 0 Å². The van der Waals surface area contributed by atoms with Crippen LogP contribution in [-0.2, 0) is 4.79 Å². The van der Waals surface area contributed by atoms with E-state index >= 15 is 0 Å². The fraction of sp³-hybridized carbons (Fsp3) is 0.103. The largest absolute Gasteiger partial charge is 0.495 e. The van der Waals surface area contributed by atoms with E-state index < -0.39 is 16.1 Å². The van der Waals surface area contributed by atoms with Crippen LogP contribution >= 0.6 is 23.4 Å². The maximum Gasteiger partial charge on any atom is 0.270 e. The Kier molecular flexibility index (Phi) is 9.26. The number of benzene rings is 4. The van der Waals surface area contributed by atoms with E-state index in [0.717, 1.165) is 10.5 Å². The molecule has 0 aliphatic heterocycles. The van der Waals surface area contributed by atoms with Crippen LogP contribution in [0.1, 0.15) is 21.2 Å². The van der Waals surface area contributed by atoms with Gasteiger partial charge in [0.1, 0.15) is 16.7 Å². The van der Waals surface area contributed by atoms with E-state index in [0.29, 0.717) is 27.9 Å². The van der Waals surface area contributed by atoms with Crippen LogP contribution in [0.4, 0.5) is 17.1 Å². The average molecular weight is 578 g/mol. The number of thioether (sulfide) groups is 1. The van der Waals surface area contributed by atoms with Gasteiger partial charge < -0.3 is 20.1 Å². The predicted octanol–water partition coefficient (Wildman–Crippen LogP) is 6.99. The second-order valence-corrected chi connectivity index (χ2v) is 9.96. The van der Waals surface area contributed by atoms with Crippen molar-refractivity contribution < 1.29 is 24.0 Å². The van der Waals surface area contributed by atoms with Crippen molar-refractivity contribution in [2.75, 3.05) is 24.9 Å². The van der Waals surface area contributed by atoms with Crippen LogP contribution in [0.25, 0.3) is 0 Å². The molecule has 0 fully saturated rings. The number of carbonyl (C=O) groups excluding carboxylic acids is 2. The van der Waals surface area contributed by atoms with Crippen LogP contribution in [0.15, 0.2) is 95.9 Å². The Morgan fingerprint density at radius 3 is 2.23 bits per heavy atom. The number of nitro groups is 1. The summed E-state index contributed by atoms with van der Waals surface area (Å²) >= 11 is 7.61. The Hall–Kier alpha value is -4.54. The van der Waals surface area contributed by atoms with Crippen molar-refractivity contribution in [3.63, 3.8) is 0 Å². The third-order valence-corrected chi connectivity index (χ3v) is 7.32. The lowest BCUT2D eigenvalue weighted by Gasteiger charge is -2.19. The molecule has 1 unspecified atom stereocenters. The maximum atomic E-state index is 13.5. The molecule has 4 aromatic rings. The number of carbonyl (C=O) groups is 2. The molecular weight excluding hydrogens is 554 g/mol. The lowest BCUT2D eigenvalue weighted by molar-refractivity contribution is -0.384. The zero-order chi connectivity index (χ0) is 28.6. The number of hydrogen-bond donors (Lipinski definition) is 2. The minimum absolute atomic E-state index is 0.167. The van der Waals surface area contributed by atoms with Crippen molar-refractivity contribution in [1.82, 2.24) is 0 Å². The van der Waals surface area contributed by atoms with E-state index in [1.54, 1.807) is 36.4 Å². The molecule has 2 N–H and O–H groups in total. The summed E-state index contributed by atoms with van der Waals surface area (Å²) in [7, 11) is 2.98. The van der Waals surface area contributed by atoms with Gasteiger partial charge in [0.05, 0.1) is 29.9 Å². The monoisotopic (exact) mass is 577 g/mol. The SMILES string of the molecule is COc1cc(OC)c(NC(=O)C(Sc2ccc(NC(=O)c3cccc([N+](=O)[O-])c3)cc2)c2ccccc2)cc1Cl. The molecule has 0 spiro atoms. The molecule has 1 atom stereocenters. The van der Waals surface area contributed by atoms with Crippen LogP contribution in [-0.4, -0.2) is 31.0 Å². The number of methoxy groups -OCH3 is 2. The van der Waals surface area contributed by atoms with Gasteiger partial charge in [-0.25, -0.2) is 0 Å². The molecule has 2 amide bonds. The lowest BCUT2D eigenvalue weighted by Crippen LogP contribution is -2.19. The molecule has 0 aromatic heterocycles. The van der Waals surface area contributed by atoms with E-state index in [-0.39, 0.29) is 17.2 Å². The molecule has 0 saturated carbocycles. The normalized spacial score (nSPS) is 11.3. The van der Waals surface area contributed by atoms with Gasteiger partial charge in [-0.3, -0.25) is 19.7 Å². The first-order valence-electron chi connectivity index (χ1n) is 11.9. The van der Waals surface area contributed by atoms with Crippen LogP contribution in [0.5, 0.6) is 11.5 Å². The van der Waals surface area contributed by atoms with Crippen molar-refractivity contribution in [2.45, 2.75) is 10.1 Å². The van der Waals surface area contributed by atoms with E-state index in [1.807, 2.05) is 30.3 Å². The van der Waals surface area contributed by atoms with Crippen LogP contribution < -0.4 is 20.1 Å². The number of amides is 2. The second kappa shape index (κ2) is 13.0. The number of anilines is 2. The first kappa shape index (κ1) is 28.5. The first-order valence-corrected chi connectivity index (χ1v) is 13.1. The van der Waals surface area contributed by atoms with Crippen molar-refractivity contribution >= 4 is 52.2 Å². The van der Waals surface area contributed by atoms with Gasteiger partial charge in [-0.1, -0.05) is 48.0 Å². The molecule has 0 heterocycles. The Bertz CT molecular complexity index is 1530. The Labute approximate surface area is 239 Å². The summed E-state index contributed by atoms with van der Waals surface area (Å²) in [5, 5.41) is 16.4. The first-order chi connectivity index (χ1) is 19.3. The number of rotatable bonds is 10. The zero-order valence-corrected chi connectivity index (χ0v) is 23.0. The summed E-state index contributed by atoms with van der Waals surface area (Å²) < 4.78 is 10.6. The summed E-state index contributed by atoms with van der Waals surface area (Å²) in [4.78, 5) is 37.4. The van der Waals surface area contributed by atoms with Gasteiger partial charge in [-0.15, -0.1) is 11.8 Å². The van der Waals surface area contributed by atoms with Crippen molar-refractivity contribution in [1.29, 1.82) is 0 Å². The van der Waals surface area contributed by atoms with Crippen LogP contribution in [0.3, 0.4) is 0 Å². The third kappa shape index (κ3) is 6.90. The number of halogens is 1. The van der Waals surface area contributed by atoms with Crippen LogP contribution in [0, 0.1) is 10.1 Å². The summed E-state index contributed by atoms with van der Waals surface area (Å²) in [5.74, 6) is 0.0509. The number of nitro benzene ring substituents is 1. The highest BCUT2D eigenvalue weighted by atomic mass is 35.5. The average Bonchev–Trinajstić information content (AvgIpc) is 2.97. The van der Waals surface area contributed by atoms with E-state index in [1.165, 1.54) is 50.2 Å². The Morgan fingerprint density at radius 1 is 0.875 bits per heavy atom. The van der Waals surface area contributed by atoms with Gasteiger partial charge in [-0.2, -0.15) is 0 Å².